The van der Waals surface area contributed by atoms with Crippen molar-refractivity contribution in [3.63, 3.8) is 0 Å². The normalized spacial score (nSPS) is 17.0. The van der Waals surface area contributed by atoms with Crippen molar-refractivity contribution in [3.05, 3.63) is 11.2 Å². The maximum Gasteiger partial charge on any atom is 0.243 e. The van der Waals surface area contributed by atoms with Crippen LogP contribution in [0.1, 0.15) is 12.8 Å². The van der Waals surface area contributed by atoms with Crippen molar-refractivity contribution in [2.45, 2.75) is 12.8 Å². The molecule has 0 saturated carbocycles. The molecule has 0 aromatic rings. The monoisotopic (exact) mass is 229 g/mol. The molecule has 84 valence electrons. The van der Waals surface area contributed by atoms with Crippen LogP contribution in [0.3, 0.4) is 0 Å². The number of carbonyl (C=O) groups excluding carboxylic acids is 2. The van der Waals surface area contributed by atoms with Gasteiger partial charge in [-0.2, -0.15) is 0 Å². The standard InChI is InChI=1S/C9H15N3O2S/c1-15-7(10)5-11-8(13)6-12-4-2-3-9(12)14/h5H,2-4,6,10H2,1H3,(H,11,13)/b7-5+. The summed E-state index contributed by atoms with van der Waals surface area (Å²) >= 11 is 1.35. The van der Waals surface area contributed by atoms with Crippen molar-refractivity contribution in [2.24, 2.45) is 5.73 Å². The number of carbonyl (C=O) groups is 2. The van der Waals surface area contributed by atoms with Gasteiger partial charge >= 0.3 is 0 Å². The number of nitrogens with zero attached hydrogens (tertiary/aromatic N) is 1. The van der Waals surface area contributed by atoms with Crippen molar-refractivity contribution in [1.29, 1.82) is 0 Å². The summed E-state index contributed by atoms with van der Waals surface area (Å²) in [6.45, 7) is 0.797. The summed E-state index contributed by atoms with van der Waals surface area (Å²) in [4.78, 5) is 24.1. The summed E-state index contributed by atoms with van der Waals surface area (Å²) in [7, 11) is 0. The Morgan fingerprint density at radius 1 is 1.73 bits per heavy atom. The van der Waals surface area contributed by atoms with Crippen LogP contribution in [0.25, 0.3) is 0 Å². The Bertz CT molecular complexity index is 291. The zero-order valence-electron chi connectivity index (χ0n) is 8.66. The van der Waals surface area contributed by atoms with E-state index in [9.17, 15) is 9.59 Å². The molecule has 2 amide bonds. The minimum absolute atomic E-state index is 0.0481. The molecule has 1 heterocycles. The van der Waals surface area contributed by atoms with Crippen LogP contribution in [0.15, 0.2) is 11.2 Å². The first-order valence-electron chi connectivity index (χ1n) is 4.70. The predicted octanol–water partition coefficient (Wildman–Crippen LogP) is -0.154. The predicted molar refractivity (Wildman–Crippen MR) is 59.7 cm³/mol. The lowest BCUT2D eigenvalue weighted by Crippen LogP contribution is -2.36. The number of hydrogen-bond acceptors (Lipinski definition) is 4. The number of nitrogens with two attached hydrogens (primary N) is 1. The number of nitrogens with one attached hydrogen (secondary N) is 1. The molecule has 15 heavy (non-hydrogen) atoms. The highest BCUT2D eigenvalue weighted by atomic mass is 32.2. The van der Waals surface area contributed by atoms with Gasteiger partial charge in [-0.3, -0.25) is 9.59 Å². The van der Waals surface area contributed by atoms with E-state index >= 15 is 0 Å². The van der Waals surface area contributed by atoms with Gasteiger partial charge in [-0.1, -0.05) is 0 Å². The Balaban J connectivity index is 2.33. The van der Waals surface area contributed by atoms with Gasteiger partial charge in [-0.15, -0.1) is 11.8 Å². The van der Waals surface area contributed by atoms with Crippen LogP contribution < -0.4 is 11.1 Å². The molecule has 5 nitrogen and oxygen atoms in total. The average molecular weight is 229 g/mol. The second-order valence-electron chi connectivity index (χ2n) is 3.24. The van der Waals surface area contributed by atoms with E-state index in [1.54, 1.807) is 4.90 Å². The molecule has 1 aliphatic heterocycles. The molecular weight excluding hydrogens is 214 g/mol. The Kier molecular flexibility index (Phi) is 4.48. The van der Waals surface area contributed by atoms with Crippen molar-refractivity contribution in [3.8, 4) is 0 Å². The largest absolute Gasteiger partial charge is 0.392 e. The third-order valence-electron chi connectivity index (χ3n) is 2.12. The molecule has 1 fully saturated rings. The maximum atomic E-state index is 11.4. The lowest BCUT2D eigenvalue weighted by molar-refractivity contribution is -0.132. The molecule has 1 rings (SSSR count). The van der Waals surface area contributed by atoms with Gasteiger partial charge in [0.25, 0.3) is 0 Å². The highest BCUT2D eigenvalue weighted by Gasteiger charge is 2.21. The number of rotatable bonds is 4. The molecule has 0 atom stereocenters. The van der Waals surface area contributed by atoms with Crippen molar-refractivity contribution in [2.75, 3.05) is 19.3 Å². The van der Waals surface area contributed by atoms with Crippen LogP contribution in [0.4, 0.5) is 0 Å². The fraction of sp³-hybridized carbons (Fsp3) is 0.556. The topological polar surface area (TPSA) is 75.4 Å². The van der Waals surface area contributed by atoms with Crippen molar-refractivity contribution >= 4 is 23.6 Å². The van der Waals surface area contributed by atoms with Crippen LogP contribution in [0.5, 0.6) is 0 Å². The van der Waals surface area contributed by atoms with Gasteiger partial charge in [0.2, 0.25) is 11.8 Å². The molecule has 0 bridgehead atoms. The molecule has 1 aliphatic rings. The first-order valence-corrected chi connectivity index (χ1v) is 5.92. The molecule has 0 aromatic heterocycles. The van der Waals surface area contributed by atoms with Gasteiger partial charge in [0.1, 0.15) is 0 Å². The van der Waals surface area contributed by atoms with Gasteiger partial charge in [-0.05, 0) is 12.7 Å². The summed E-state index contributed by atoms with van der Waals surface area (Å²) in [6, 6.07) is 0. The van der Waals surface area contributed by atoms with Crippen LogP contribution in [-0.2, 0) is 9.59 Å². The molecule has 1 saturated heterocycles. The van der Waals surface area contributed by atoms with Crippen LogP contribution in [-0.4, -0.2) is 36.1 Å². The van der Waals surface area contributed by atoms with E-state index in [0.717, 1.165) is 6.42 Å². The summed E-state index contributed by atoms with van der Waals surface area (Å²) < 4.78 is 0. The smallest absolute Gasteiger partial charge is 0.243 e. The zero-order valence-corrected chi connectivity index (χ0v) is 9.47. The van der Waals surface area contributed by atoms with E-state index in [1.165, 1.54) is 18.0 Å². The Morgan fingerprint density at radius 2 is 2.47 bits per heavy atom. The lowest BCUT2D eigenvalue weighted by Gasteiger charge is -2.13. The first-order chi connectivity index (χ1) is 7.13. The lowest BCUT2D eigenvalue weighted by atomic mass is 10.4. The first kappa shape index (κ1) is 11.9. The number of likely N-dealkylation sites (tertiary alicyclic amines) is 1. The SMILES string of the molecule is CS/C(N)=C/NC(=O)CN1CCCC1=O. The van der Waals surface area contributed by atoms with E-state index in [0.29, 0.717) is 18.0 Å². The van der Waals surface area contributed by atoms with Crippen molar-refractivity contribution < 1.29 is 9.59 Å². The molecular formula is C9H15N3O2S. The third-order valence-corrected chi connectivity index (χ3v) is 2.71. The van der Waals surface area contributed by atoms with Crippen LogP contribution in [0.2, 0.25) is 0 Å². The minimum Gasteiger partial charge on any atom is -0.392 e. The Morgan fingerprint density at radius 3 is 3.00 bits per heavy atom. The minimum atomic E-state index is -0.206. The molecule has 0 aliphatic carbocycles. The molecule has 0 aromatic carbocycles. The number of thioether (sulfide) groups is 1. The molecule has 3 N–H and O–H groups in total. The fourth-order valence-corrected chi connectivity index (χ4v) is 1.48. The van der Waals surface area contributed by atoms with E-state index in [-0.39, 0.29) is 18.4 Å². The number of amides is 2. The van der Waals surface area contributed by atoms with Gasteiger partial charge in [0.05, 0.1) is 11.6 Å². The summed E-state index contributed by atoms with van der Waals surface area (Å²) in [5.74, 6) is -0.158. The van der Waals surface area contributed by atoms with E-state index in [2.05, 4.69) is 5.32 Å². The van der Waals surface area contributed by atoms with Gasteiger partial charge in [0.15, 0.2) is 0 Å². The highest BCUT2D eigenvalue weighted by Crippen LogP contribution is 2.08. The quantitative estimate of drug-likeness (QED) is 0.702. The van der Waals surface area contributed by atoms with Gasteiger partial charge < -0.3 is 16.0 Å². The van der Waals surface area contributed by atoms with Gasteiger partial charge in [0, 0.05) is 19.2 Å². The molecule has 6 heteroatoms. The average Bonchev–Trinajstić information content (AvgIpc) is 2.61. The summed E-state index contributed by atoms with van der Waals surface area (Å²) in [5.41, 5.74) is 5.49. The van der Waals surface area contributed by atoms with E-state index in [4.69, 9.17) is 5.73 Å². The maximum absolute atomic E-state index is 11.4. The number of hydrogen-bond donors (Lipinski definition) is 2. The second-order valence-corrected chi connectivity index (χ2v) is 4.12. The second kappa shape index (κ2) is 5.65. The van der Waals surface area contributed by atoms with E-state index < -0.39 is 0 Å². The highest BCUT2D eigenvalue weighted by molar-refractivity contribution is 8.02. The Labute approximate surface area is 93.1 Å². The fourth-order valence-electron chi connectivity index (χ4n) is 1.30. The van der Waals surface area contributed by atoms with Crippen LogP contribution >= 0.6 is 11.8 Å². The summed E-state index contributed by atoms with van der Waals surface area (Å²) in [6.07, 6.45) is 4.67. The van der Waals surface area contributed by atoms with Gasteiger partial charge in [-0.25, -0.2) is 0 Å². The third kappa shape index (κ3) is 3.83. The van der Waals surface area contributed by atoms with Crippen molar-refractivity contribution in [1.82, 2.24) is 10.2 Å². The zero-order chi connectivity index (χ0) is 11.3. The Hall–Kier alpha value is -1.17. The molecule has 0 spiro atoms. The summed E-state index contributed by atoms with van der Waals surface area (Å²) in [5, 5.41) is 3.08. The van der Waals surface area contributed by atoms with E-state index in [1.807, 2.05) is 6.26 Å². The van der Waals surface area contributed by atoms with Crippen LogP contribution in [0, 0.1) is 0 Å². The molecule has 0 radical (unpaired) electrons. The molecule has 0 unspecified atom stereocenters.